The van der Waals surface area contributed by atoms with Crippen LogP contribution < -0.4 is 11.5 Å². The van der Waals surface area contributed by atoms with Gasteiger partial charge in [-0.05, 0) is 5.92 Å². The second kappa shape index (κ2) is 7.14. The molecule has 9 heteroatoms. The number of carbonyl (C=O) groups excluding carboxylic acids is 1. The monoisotopic (exact) mass is 308 g/mol. The number of ether oxygens (including phenoxy) is 2. The standard InChI is InChI=1S/C13H20N6O3/c1-8(2)9(14)13(20)22-4-3-21-7-19-6-18-10-11(15)16-5-17-12(10)19/h5-6,8-9H,3-4,7,14H2,1-2H3,(H2,15,16,17)/t9-/m0/s1. The minimum absolute atomic E-state index is 0.0378. The lowest BCUT2D eigenvalue weighted by Gasteiger charge is -2.14. The molecule has 0 saturated carbocycles. The van der Waals surface area contributed by atoms with Gasteiger partial charge >= 0.3 is 5.97 Å². The van der Waals surface area contributed by atoms with E-state index in [1.807, 2.05) is 13.8 Å². The first-order valence-corrected chi connectivity index (χ1v) is 6.92. The summed E-state index contributed by atoms with van der Waals surface area (Å²) in [6, 6.07) is -0.614. The van der Waals surface area contributed by atoms with Gasteiger partial charge < -0.3 is 20.9 Å². The van der Waals surface area contributed by atoms with Crippen molar-refractivity contribution in [2.24, 2.45) is 11.7 Å². The van der Waals surface area contributed by atoms with Crippen molar-refractivity contribution in [1.82, 2.24) is 19.5 Å². The summed E-state index contributed by atoms with van der Waals surface area (Å²) >= 11 is 0. The molecule has 4 N–H and O–H groups in total. The van der Waals surface area contributed by atoms with E-state index in [-0.39, 0.29) is 25.9 Å². The van der Waals surface area contributed by atoms with Crippen LogP contribution in [-0.4, -0.2) is 44.7 Å². The van der Waals surface area contributed by atoms with Gasteiger partial charge in [-0.2, -0.15) is 0 Å². The molecule has 0 unspecified atom stereocenters. The van der Waals surface area contributed by atoms with Gasteiger partial charge in [0.25, 0.3) is 0 Å². The van der Waals surface area contributed by atoms with Gasteiger partial charge in [-0.3, -0.25) is 9.36 Å². The molecule has 22 heavy (non-hydrogen) atoms. The molecule has 0 aromatic carbocycles. The van der Waals surface area contributed by atoms with E-state index in [1.54, 1.807) is 10.9 Å². The Morgan fingerprint density at radius 3 is 2.82 bits per heavy atom. The Bertz CT molecular complexity index is 642. The highest BCUT2D eigenvalue weighted by Crippen LogP contribution is 2.13. The molecule has 1 atom stereocenters. The maximum atomic E-state index is 11.5. The fourth-order valence-electron chi connectivity index (χ4n) is 1.73. The zero-order valence-electron chi connectivity index (χ0n) is 12.6. The minimum atomic E-state index is -0.614. The Labute approximate surface area is 127 Å². The maximum Gasteiger partial charge on any atom is 0.323 e. The summed E-state index contributed by atoms with van der Waals surface area (Å²) in [6.07, 6.45) is 2.93. The summed E-state index contributed by atoms with van der Waals surface area (Å²) in [6.45, 7) is 4.33. The molecule has 0 radical (unpaired) electrons. The highest BCUT2D eigenvalue weighted by molar-refractivity contribution is 5.81. The van der Waals surface area contributed by atoms with Gasteiger partial charge in [-0.15, -0.1) is 0 Å². The van der Waals surface area contributed by atoms with Gasteiger partial charge in [0, 0.05) is 0 Å². The lowest BCUT2D eigenvalue weighted by Crippen LogP contribution is -2.37. The Balaban J connectivity index is 1.77. The molecule has 2 aromatic rings. The molecule has 0 saturated heterocycles. The number of nitrogens with two attached hydrogens (primary N) is 2. The van der Waals surface area contributed by atoms with E-state index < -0.39 is 12.0 Å². The molecule has 0 spiro atoms. The first kappa shape index (κ1) is 16.1. The molecule has 0 aliphatic heterocycles. The van der Waals surface area contributed by atoms with Crippen molar-refractivity contribution in [2.45, 2.75) is 26.6 Å². The summed E-state index contributed by atoms with van der Waals surface area (Å²) in [7, 11) is 0. The van der Waals surface area contributed by atoms with Gasteiger partial charge in [0.05, 0.1) is 12.9 Å². The van der Waals surface area contributed by atoms with Crippen LogP contribution in [0.15, 0.2) is 12.7 Å². The molecule has 0 aliphatic rings. The zero-order valence-corrected chi connectivity index (χ0v) is 12.6. The Morgan fingerprint density at radius 1 is 1.32 bits per heavy atom. The second-order valence-electron chi connectivity index (χ2n) is 5.12. The Hall–Kier alpha value is -2.26. The quantitative estimate of drug-likeness (QED) is 0.536. The Kier molecular flexibility index (Phi) is 5.23. The molecule has 0 fully saturated rings. The van der Waals surface area contributed by atoms with E-state index in [9.17, 15) is 4.79 Å². The number of imidazole rings is 1. The number of hydrogen-bond donors (Lipinski definition) is 2. The van der Waals surface area contributed by atoms with E-state index in [0.717, 1.165) is 0 Å². The van der Waals surface area contributed by atoms with Gasteiger partial charge in [-0.1, -0.05) is 13.8 Å². The summed E-state index contributed by atoms with van der Waals surface area (Å²) in [5, 5.41) is 0. The fraction of sp³-hybridized carbons (Fsp3) is 0.538. The highest BCUT2D eigenvalue weighted by atomic mass is 16.6. The van der Waals surface area contributed by atoms with E-state index in [0.29, 0.717) is 17.0 Å². The molecule has 0 aliphatic carbocycles. The first-order valence-electron chi connectivity index (χ1n) is 6.92. The number of hydrogen-bond acceptors (Lipinski definition) is 8. The largest absolute Gasteiger partial charge is 0.462 e. The lowest BCUT2D eigenvalue weighted by atomic mass is 10.1. The molecular formula is C13H20N6O3. The molecular weight excluding hydrogens is 288 g/mol. The van der Waals surface area contributed by atoms with Gasteiger partial charge in [0.1, 0.15) is 31.2 Å². The molecule has 0 bridgehead atoms. The fourth-order valence-corrected chi connectivity index (χ4v) is 1.73. The van der Waals surface area contributed by atoms with Crippen molar-refractivity contribution in [3.63, 3.8) is 0 Å². The third-order valence-electron chi connectivity index (χ3n) is 3.12. The first-order chi connectivity index (χ1) is 10.5. The predicted octanol–water partition coefficient (Wildman–Crippen LogP) is -0.0909. The number of anilines is 1. The van der Waals surface area contributed by atoms with Crippen LogP contribution in [0.1, 0.15) is 13.8 Å². The van der Waals surface area contributed by atoms with Crippen LogP contribution >= 0.6 is 0 Å². The van der Waals surface area contributed by atoms with Crippen LogP contribution in [0, 0.1) is 5.92 Å². The smallest absolute Gasteiger partial charge is 0.323 e. The minimum Gasteiger partial charge on any atom is -0.462 e. The SMILES string of the molecule is CC(C)[C@H](N)C(=O)OCCOCn1cnc2c(N)ncnc21. The summed E-state index contributed by atoms with van der Waals surface area (Å²) in [5.41, 5.74) is 12.5. The summed E-state index contributed by atoms with van der Waals surface area (Å²) in [5.74, 6) is -0.0663. The van der Waals surface area contributed by atoms with E-state index >= 15 is 0 Å². The predicted molar refractivity (Wildman–Crippen MR) is 79.5 cm³/mol. The third-order valence-corrected chi connectivity index (χ3v) is 3.12. The maximum absolute atomic E-state index is 11.5. The highest BCUT2D eigenvalue weighted by Gasteiger charge is 2.18. The number of carbonyl (C=O) groups is 1. The van der Waals surface area contributed by atoms with Crippen molar-refractivity contribution in [3.8, 4) is 0 Å². The zero-order chi connectivity index (χ0) is 16.1. The van der Waals surface area contributed by atoms with Crippen LogP contribution in [-0.2, 0) is 21.0 Å². The van der Waals surface area contributed by atoms with E-state index in [2.05, 4.69) is 15.0 Å². The van der Waals surface area contributed by atoms with Crippen LogP contribution in [0.3, 0.4) is 0 Å². The van der Waals surface area contributed by atoms with Gasteiger partial charge in [0.15, 0.2) is 11.5 Å². The van der Waals surface area contributed by atoms with Crippen molar-refractivity contribution < 1.29 is 14.3 Å². The average Bonchev–Trinajstić information content (AvgIpc) is 2.90. The average molecular weight is 308 g/mol. The number of esters is 1. The number of nitrogens with zero attached hydrogens (tertiary/aromatic N) is 4. The van der Waals surface area contributed by atoms with Crippen molar-refractivity contribution in [2.75, 3.05) is 18.9 Å². The second-order valence-corrected chi connectivity index (χ2v) is 5.12. The molecule has 2 aromatic heterocycles. The number of fused-ring (bicyclic) bond motifs is 1. The Morgan fingerprint density at radius 2 is 2.09 bits per heavy atom. The van der Waals surface area contributed by atoms with E-state index in [4.69, 9.17) is 20.9 Å². The summed E-state index contributed by atoms with van der Waals surface area (Å²) < 4.78 is 12.1. The van der Waals surface area contributed by atoms with E-state index in [1.165, 1.54) is 6.33 Å². The number of rotatable bonds is 7. The number of nitrogen functional groups attached to an aromatic ring is 1. The van der Waals surface area contributed by atoms with Crippen LogP contribution in [0.4, 0.5) is 5.82 Å². The molecule has 120 valence electrons. The van der Waals surface area contributed by atoms with Crippen molar-refractivity contribution in [3.05, 3.63) is 12.7 Å². The van der Waals surface area contributed by atoms with Crippen LogP contribution in [0.5, 0.6) is 0 Å². The molecule has 2 heterocycles. The van der Waals surface area contributed by atoms with Crippen molar-refractivity contribution >= 4 is 23.0 Å². The molecule has 0 amide bonds. The summed E-state index contributed by atoms with van der Waals surface area (Å²) in [4.78, 5) is 23.6. The lowest BCUT2D eigenvalue weighted by molar-refractivity contribution is -0.148. The van der Waals surface area contributed by atoms with Gasteiger partial charge in [-0.25, -0.2) is 15.0 Å². The normalized spacial score (nSPS) is 12.7. The van der Waals surface area contributed by atoms with Crippen LogP contribution in [0.2, 0.25) is 0 Å². The van der Waals surface area contributed by atoms with Crippen LogP contribution in [0.25, 0.3) is 11.2 Å². The van der Waals surface area contributed by atoms with Gasteiger partial charge in [0.2, 0.25) is 0 Å². The third kappa shape index (κ3) is 3.68. The molecule has 2 rings (SSSR count). The number of aromatic nitrogens is 4. The van der Waals surface area contributed by atoms with Crippen molar-refractivity contribution in [1.29, 1.82) is 0 Å². The topological polar surface area (TPSA) is 131 Å². The molecule has 9 nitrogen and oxygen atoms in total.